The van der Waals surface area contributed by atoms with E-state index < -0.39 is 11.9 Å². The van der Waals surface area contributed by atoms with Crippen molar-refractivity contribution < 1.29 is 19.1 Å². The smallest absolute Gasteiger partial charge is 0.416 e. The molecule has 5 nitrogen and oxygen atoms in total. The van der Waals surface area contributed by atoms with Gasteiger partial charge in [0.15, 0.2) is 0 Å². The Balaban J connectivity index is 1.70. The standard InChI is InChI=1S/C21H19FN2O3/c1-14(23-20(25)11-10-15-6-2-4-8-18(15)22)12-16-13-24(21(26)27)19-9-5-3-7-17(16)19/h2-11,13-14H,12H2,1H3,(H,23,25)(H,26,27)/t14-/m1/s1. The first-order chi connectivity index (χ1) is 13.0. The lowest BCUT2D eigenvalue weighted by Crippen LogP contribution is -2.32. The van der Waals surface area contributed by atoms with Gasteiger partial charge in [0.1, 0.15) is 5.82 Å². The zero-order valence-corrected chi connectivity index (χ0v) is 14.7. The summed E-state index contributed by atoms with van der Waals surface area (Å²) >= 11 is 0. The van der Waals surface area contributed by atoms with Crippen molar-refractivity contribution in [2.24, 2.45) is 0 Å². The van der Waals surface area contributed by atoms with Crippen LogP contribution in [0.5, 0.6) is 0 Å². The molecule has 1 aromatic heterocycles. The van der Waals surface area contributed by atoms with Crippen LogP contribution in [0.25, 0.3) is 17.0 Å². The monoisotopic (exact) mass is 366 g/mol. The highest BCUT2D eigenvalue weighted by atomic mass is 19.1. The van der Waals surface area contributed by atoms with Gasteiger partial charge in [-0.2, -0.15) is 0 Å². The largest absolute Gasteiger partial charge is 0.464 e. The van der Waals surface area contributed by atoms with Gasteiger partial charge in [0, 0.05) is 29.3 Å². The van der Waals surface area contributed by atoms with Crippen molar-refractivity contribution in [3.63, 3.8) is 0 Å². The molecule has 1 heterocycles. The summed E-state index contributed by atoms with van der Waals surface area (Å²) < 4.78 is 14.8. The second kappa shape index (κ2) is 7.86. The molecule has 0 aliphatic rings. The van der Waals surface area contributed by atoms with Gasteiger partial charge in [-0.05, 0) is 37.1 Å². The number of nitrogens with zero attached hydrogens (tertiary/aromatic N) is 1. The lowest BCUT2D eigenvalue weighted by Gasteiger charge is -2.12. The van der Waals surface area contributed by atoms with E-state index in [1.54, 1.807) is 36.5 Å². The first kappa shape index (κ1) is 18.4. The van der Waals surface area contributed by atoms with E-state index in [-0.39, 0.29) is 11.9 Å². The molecule has 0 unspecified atom stereocenters. The van der Waals surface area contributed by atoms with Crippen molar-refractivity contribution in [2.45, 2.75) is 19.4 Å². The highest BCUT2D eigenvalue weighted by molar-refractivity contribution is 5.93. The average Bonchev–Trinajstić information content (AvgIpc) is 3.00. The van der Waals surface area contributed by atoms with E-state index >= 15 is 0 Å². The van der Waals surface area contributed by atoms with Crippen LogP contribution >= 0.6 is 0 Å². The van der Waals surface area contributed by atoms with Crippen LogP contribution in [0, 0.1) is 5.82 Å². The van der Waals surface area contributed by atoms with E-state index in [4.69, 9.17) is 0 Å². The molecule has 2 N–H and O–H groups in total. The Kier molecular flexibility index (Phi) is 5.35. The first-order valence-electron chi connectivity index (χ1n) is 8.51. The predicted molar refractivity (Wildman–Crippen MR) is 102 cm³/mol. The average molecular weight is 366 g/mol. The summed E-state index contributed by atoms with van der Waals surface area (Å²) in [6.45, 7) is 1.84. The summed E-state index contributed by atoms with van der Waals surface area (Å²) in [7, 11) is 0. The van der Waals surface area contributed by atoms with Crippen molar-refractivity contribution in [1.29, 1.82) is 0 Å². The Labute approximate surface area is 155 Å². The lowest BCUT2D eigenvalue weighted by atomic mass is 10.1. The summed E-state index contributed by atoms with van der Waals surface area (Å²) in [5, 5.41) is 13.0. The van der Waals surface area contributed by atoms with E-state index in [0.717, 1.165) is 10.9 Å². The van der Waals surface area contributed by atoms with Crippen LogP contribution in [-0.2, 0) is 11.2 Å². The molecule has 2 aromatic carbocycles. The minimum absolute atomic E-state index is 0.226. The molecule has 1 atom stereocenters. The molecule has 0 spiro atoms. The van der Waals surface area contributed by atoms with Crippen molar-refractivity contribution in [2.75, 3.05) is 0 Å². The Morgan fingerprint density at radius 3 is 2.63 bits per heavy atom. The van der Waals surface area contributed by atoms with Gasteiger partial charge in [-0.1, -0.05) is 36.4 Å². The van der Waals surface area contributed by atoms with Crippen molar-refractivity contribution in [3.8, 4) is 0 Å². The summed E-state index contributed by atoms with van der Waals surface area (Å²) in [4.78, 5) is 23.5. The number of nitrogens with one attached hydrogen (secondary N) is 1. The van der Waals surface area contributed by atoms with Crippen LogP contribution < -0.4 is 5.32 Å². The van der Waals surface area contributed by atoms with Gasteiger partial charge in [0.2, 0.25) is 5.91 Å². The maximum absolute atomic E-state index is 13.6. The maximum Gasteiger partial charge on any atom is 0.416 e. The first-order valence-corrected chi connectivity index (χ1v) is 8.51. The van der Waals surface area contributed by atoms with Gasteiger partial charge in [0.25, 0.3) is 0 Å². The van der Waals surface area contributed by atoms with Crippen LogP contribution in [0.3, 0.4) is 0 Å². The van der Waals surface area contributed by atoms with Crippen molar-refractivity contribution in [3.05, 3.63) is 77.7 Å². The van der Waals surface area contributed by atoms with Crippen LogP contribution in [0.15, 0.2) is 60.8 Å². The fourth-order valence-corrected chi connectivity index (χ4v) is 3.02. The Bertz CT molecular complexity index is 1020. The van der Waals surface area contributed by atoms with E-state index in [2.05, 4.69) is 5.32 Å². The molecule has 1 amide bonds. The summed E-state index contributed by atoms with van der Waals surface area (Å²) in [6, 6.07) is 13.2. The molecular weight excluding hydrogens is 347 g/mol. The number of halogens is 1. The Hall–Kier alpha value is -3.41. The molecule has 0 fully saturated rings. The number of rotatable bonds is 5. The summed E-state index contributed by atoms with van der Waals surface area (Å²) in [5.41, 5.74) is 1.78. The second-order valence-electron chi connectivity index (χ2n) is 6.29. The van der Waals surface area contributed by atoms with Crippen LogP contribution in [0.2, 0.25) is 0 Å². The number of amides is 1. The molecule has 0 aliphatic carbocycles. The molecule has 3 aromatic rings. The molecule has 27 heavy (non-hydrogen) atoms. The predicted octanol–water partition coefficient (Wildman–Crippen LogP) is 4.07. The van der Waals surface area contributed by atoms with Gasteiger partial charge in [-0.15, -0.1) is 0 Å². The number of carbonyl (C=O) groups is 2. The van der Waals surface area contributed by atoms with E-state index in [1.165, 1.54) is 22.8 Å². The number of aromatic nitrogens is 1. The molecule has 0 radical (unpaired) electrons. The number of benzene rings is 2. The van der Waals surface area contributed by atoms with Gasteiger partial charge in [-0.25, -0.2) is 9.18 Å². The third kappa shape index (κ3) is 4.23. The fourth-order valence-electron chi connectivity index (χ4n) is 3.02. The van der Waals surface area contributed by atoms with Gasteiger partial charge in [-0.3, -0.25) is 9.36 Å². The Morgan fingerprint density at radius 2 is 1.89 bits per heavy atom. The normalized spacial score (nSPS) is 12.4. The van der Waals surface area contributed by atoms with Crippen LogP contribution in [0.4, 0.5) is 9.18 Å². The number of hydrogen-bond donors (Lipinski definition) is 2. The Morgan fingerprint density at radius 1 is 1.19 bits per heavy atom. The van der Waals surface area contributed by atoms with E-state index in [1.807, 2.05) is 19.1 Å². The highest BCUT2D eigenvalue weighted by Crippen LogP contribution is 2.22. The van der Waals surface area contributed by atoms with E-state index in [0.29, 0.717) is 17.5 Å². The number of fused-ring (bicyclic) bond motifs is 1. The zero-order valence-electron chi connectivity index (χ0n) is 14.7. The number of para-hydroxylation sites is 1. The van der Waals surface area contributed by atoms with Crippen LogP contribution in [-0.4, -0.2) is 27.7 Å². The maximum atomic E-state index is 13.6. The summed E-state index contributed by atoms with van der Waals surface area (Å²) in [6.07, 6.45) is 3.70. The van der Waals surface area contributed by atoms with Gasteiger partial charge >= 0.3 is 6.09 Å². The zero-order chi connectivity index (χ0) is 19.4. The summed E-state index contributed by atoms with van der Waals surface area (Å²) in [5.74, 6) is -0.733. The van der Waals surface area contributed by atoms with Gasteiger partial charge in [0.05, 0.1) is 5.52 Å². The minimum atomic E-state index is -1.05. The molecule has 0 bridgehead atoms. The SMILES string of the molecule is C[C@H](Cc1cn(C(=O)O)c2ccccc12)NC(=O)C=Cc1ccccc1F. The molecule has 0 aliphatic heterocycles. The number of carboxylic acid groups (broad SMARTS) is 1. The molecule has 0 saturated carbocycles. The topological polar surface area (TPSA) is 71.3 Å². The van der Waals surface area contributed by atoms with E-state index in [9.17, 15) is 19.1 Å². The number of carbonyl (C=O) groups excluding carboxylic acids is 1. The van der Waals surface area contributed by atoms with Crippen molar-refractivity contribution >= 4 is 29.0 Å². The minimum Gasteiger partial charge on any atom is -0.464 e. The van der Waals surface area contributed by atoms with Crippen molar-refractivity contribution in [1.82, 2.24) is 9.88 Å². The number of hydrogen-bond acceptors (Lipinski definition) is 2. The molecule has 0 saturated heterocycles. The quantitative estimate of drug-likeness (QED) is 0.669. The van der Waals surface area contributed by atoms with Crippen LogP contribution in [0.1, 0.15) is 18.1 Å². The van der Waals surface area contributed by atoms with Gasteiger partial charge < -0.3 is 10.4 Å². The molecular formula is C21H19FN2O3. The molecule has 6 heteroatoms. The fraction of sp³-hybridized carbons (Fsp3) is 0.143. The second-order valence-corrected chi connectivity index (χ2v) is 6.29. The highest BCUT2D eigenvalue weighted by Gasteiger charge is 2.15. The third-order valence-corrected chi connectivity index (χ3v) is 4.23. The lowest BCUT2D eigenvalue weighted by molar-refractivity contribution is -0.117. The molecule has 3 rings (SSSR count). The molecule has 138 valence electrons. The third-order valence-electron chi connectivity index (χ3n) is 4.23.